The Morgan fingerprint density at radius 2 is 1.64 bits per heavy atom. The summed E-state index contributed by atoms with van der Waals surface area (Å²) in [5.41, 5.74) is -4.72. The minimum absolute atomic E-state index is 0.0514. The lowest BCUT2D eigenvalue weighted by atomic mass is 10.1. The van der Waals surface area contributed by atoms with Crippen LogP contribution in [-0.4, -0.2) is 21.3 Å². The number of hydrogen-bond donors (Lipinski definition) is 1. The zero-order chi connectivity index (χ0) is 17.3. The Morgan fingerprint density at radius 3 is 1.91 bits per heavy atom. The zero-order valence-electron chi connectivity index (χ0n) is 10.7. The van der Waals surface area contributed by atoms with Gasteiger partial charge in [0, 0.05) is 12.1 Å². The first-order chi connectivity index (χ1) is 9.91. The summed E-state index contributed by atoms with van der Waals surface area (Å²) in [6.45, 7) is 0.785. The fraction of sp³-hybridized carbons (Fsp3) is 0.333. The normalized spacial score (nSPS) is 14.4. The van der Waals surface area contributed by atoms with Crippen molar-refractivity contribution in [3.63, 3.8) is 0 Å². The molecule has 0 aliphatic heterocycles. The maximum atomic E-state index is 12.6. The van der Waals surface area contributed by atoms with Crippen LogP contribution in [0.4, 0.5) is 24.5 Å². The molecule has 0 aromatic heterocycles. The minimum atomic E-state index is -5.11. The zero-order valence-corrected chi connectivity index (χ0v) is 11.6. The Hall–Kier alpha value is -2.04. The van der Waals surface area contributed by atoms with Gasteiger partial charge < -0.3 is 9.42 Å². The first-order valence-corrected chi connectivity index (χ1v) is 7.01. The lowest BCUT2D eigenvalue weighted by Gasteiger charge is -2.13. The summed E-state index contributed by atoms with van der Waals surface area (Å²) in [6, 6.07) is -0.103. The fourth-order valence-electron chi connectivity index (χ4n) is 1.58. The third-order valence-corrected chi connectivity index (χ3v) is 4.01. The Bertz CT molecular complexity index is 641. The van der Waals surface area contributed by atoms with Crippen molar-refractivity contribution < 1.29 is 37.0 Å². The van der Waals surface area contributed by atoms with Crippen LogP contribution in [0.3, 0.4) is 0 Å². The van der Waals surface area contributed by atoms with Crippen molar-refractivity contribution in [2.75, 3.05) is 6.61 Å². The number of nitro benzene ring substituents is 2. The van der Waals surface area contributed by atoms with Gasteiger partial charge in [0.2, 0.25) is 5.30 Å². The van der Waals surface area contributed by atoms with E-state index in [9.17, 15) is 42.9 Å². The average Bonchev–Trinajstić information content (AvgIpc) is 2.35. The van der Waals surface area contributed by atoms with Crippen molar-refractivity contribution in [1.82, 2.24) is 0 Å². The molecule has 1 rings (SSSR count). The van der Waals surface area contributed by atoms with Gasteiger partial charge in [-0.2, -0.15) is 13.2 Å². The standard InChI is InChI=1S/C9H8F3N2O7P/c1-2-21-22(19,20)8-6(13(15)16)3-5(9(10,11)12)4-7(8)14(17)18/h3-4H,2H2,1H3,(H,19,20). The maximum Gasteiger partial charge on any atom is 0.416 e. The van der Waals surface area contributed by atoms with Crippen LogP contribution < -0.4 is 5.30 Å². The van der Waals surface area contributed by atoms with E-state index in [1.165, 1.54) is 6.92 Å². The summed E-state index contributed by atoms with van der Waals surface area (Å²) in [5.74, 6) is 0. The molecule has 9 nitrogen and oxygen atoms in total. The van der Waals surface area contributed by atoms with Crippen LogP contribution in [0, 0.1) is 20.2 Å². The van der Waals surface area contributed by atoms with E-state index in [2.05, 4.69) is 4.52 Å². The van der Waals surface area contributed by atoms with Crippen LogP contribution in [0.25, 0.3) is 0 Å². The largest absolute Gasteiger partial charge is 0.416 e. The van der Waals surface area contributed by atoms with Crippen molar-refractivity contribution in [3.8, 4) is 0 Å². The number of hydrogen-bond acceptors (Lipinski definition) is 6. The first-order valence-electron chi connectivity index (χ1n) is 5.43. The molecule has 0 aliphatic rings. The highest BCUT2D eigenvalue weighted by Crippen LogP contribution is 2.48. The molecule has 0 saturated carbocycles. The van der Waals surface area contributed by atoms with Gasteiger partial charge in [0.05, 0.1) is 22.0 Å². The molecule has 1 N–H and O–H groups in total. The van der Waals surface area contributed by atoms with Crippen molar-refractivity contribution >= 4 is 24.3 Å². The smallest absolute Gasteiger partial charge is 0.321 e. The number of alkyl halides is 3. The molecule has 13 heteroatoms. The quantitative estimate of drug-likeness (QED) is 0.492. The number of nitrogens with zero attached hydrogens (tertiary/aromatic N) is 2. The Kier molecular flexibility index (Phi) is 4.90. The van der Waals surface area contributed by atoms with Crippen LogP contribution >= 0.6 is 7.60 Å². The van der Waals surface area contributed by atoms with E-state index in [4.69, 9.17) is 0 Å². The highest BCUT2D eigenvalue weighted by atomic mass is 31.2. The van der Waals surface area contributed by atoms with E-state index in [0.29, 0.717) is 0 Å². The molecule has 0 heterocycles. The summed E-state index contributed by atoms with van der Waals surface area (Å²) in [7, 11) is -5.05. The van der Waals surface area contributed by atoms with Gasteiger partial charge in [-0.15, -0.1) is 0 Å². The molecule has 22 heavy (non-hydrogen) atoms. The molecule has 0 saturated heterocycles. The van der Waals surface area contributed by atoms with Crippen LogP contribution in [0.1, 0.15) is 12.5 Å². The molecule has 0 radical (unpaired) electrons. The summed E-state index contributed by atoms with van der Waals surface area (Å²) in [5, 5.41) is 20.3. The van der Waals surface area contributed by atoms with Crippen molar-refractivity contribution in [2.45, 2.75) is 13.1 Å². The second-order valence-corrected chi connectivity index (χ2v) is 5.56. The number of rotatable bonds is 5. The highest BCUT2D eigenvalue weighted by molar-refractivity contribution is 7.62. The number of benzene rings is 1. The molecule has 0 bridgehead atoms. The minimum Gasteiger partial charge on any atom is -0.321 e. The molecule has 122 valence electrons. The van der Waals surface area contributed by atoms with Gasteiger partial charge in [-0.25, -0.2) is 0 Å². The summed E-state index contributed by atoms with van der Waals surface area (Å²) in [6.07, 6.45) is -5.11. The van der Waals surface area contributed by atoms with Crippen LogP contribution in [0.2, 0.25) is 0 Å². The molecular formula is C9H8F3N2O7P. The van der Waals surface area contributed by atoms with Gasteiger partial charge in [-0.3, -0.25) is 24.8 Å². The molecule has 1 unspecified atom stereocenters. The molecular weight excluding hydrogens is 336 g/mol. The van der Waals surface area contributed by atoms with Gasteiger partial charge in [0.25, 0.3) is 11.4 Å². The topological polar surface area (TPSA) is 133 Å². The van der Waals surface area contributed by atoms with E-state index < -0.39 is 52.5 Å². The molecule has 1 aromatic rings. The summed E-state index contributed by atoms with van der Waals surface area (Å²) < 4.78 is 54.1. The molecule has 0 fully saturated rings. The number of nitro groups is 2. The first kappa shape index (κ1) is 18.0. The Labute approximate surface area is 120 Å². The van der Waals surface area contributed by atoms with Crippen molar-refractivity contribution in [3.05, 3.63) is 37.9 Å². The van der Waals surface area contributed by atoms with E-state index in [-0.39, 0.29) is 12.1 Å². The predicted molar refractivity (Wildman–Crippen MR) is 65.8 cm³/mol. The van der Waals surface area contributed by atoms with E-state index in [0.717, 1.165) is 0 Å². The van der Waals surface area contributed by atoms with E-state index >= 15 is 0 Å². The monoisotopic (exact) mass is 344 g/mol. The fourth-order valence-corrected chi connectivity index (χ4v) is 2.93. The van der Waals surface area contributed by atoms with E-state index in [1.807, 2.05) is 0 Å². The van der Waals surface area contributed by atoms with Crippen molar-refractivity contribution in [1.29, 1.82) is 0 Å². The van der Waals surface area contributed by atoms with Crippen LogP contribution in [0.15, 0.2) is 12.1 Å². The Balaban J connectivity index is 3.85. The van der Waals surface area contributed by atoms with E-state index in [1.54, 1.807) is 0 Å². The Morgan fingerprint density at radius 1 is 1.23 bits per heavy atom. The molecule has 0 amide bonds. The second-order valence-electron chi connectivity index (χ2n) is 3.81. The van der Waals surface area contributed by atoms with Crippen molar-refractivity contribution in [2.24, 2.45) is 0 Å². The average molecular weight is 344 g/mol. The number of halogens is 3. The molecule has 0 aliphatic carbocycles. The van der Waals surface area contributed by atoms with Crippen LogP contribution in [0.5, 0.6) is 0 Å². The molecule has 1 atom stereocenters. The van der Waals surface area contributed by atoms with Gasteiger partial charge in [-0.05, 0) is 6.92 Å². The highest BCUT2D eigenvalue weighted by Gasteiger charge is 2.44. The third kappa shape index (κ3) is 3.59. The van der Waals surface area contributed by atoms with Crippen LogP contribution in [-0.2, 0) is 15.3 Å². The maximum absolute atomic E-state index is 12.6. The SMILES string of the molecule is CCOP(=O)(O)c1c([N+](=O)[O-])cc(C(F)(F)F)cc1[N+](=O)[O-]. The van der Waals surface area contributed by atoms with Gasteiger partial charge in [-0.1, -0.05) is 0 Å². The van der Waals surface area contributed by atoms with Gasteiger partial charge in [0.15, 0.2) is 0 Å². The third-order valence-electron chi connectivity index (χ3n) is 2.38. The molecule has 0 spiro atoms. The van der Waals surface area contributed by atoms with Gasteiger partial charge in [0.1, 0.15) is 0 Å². The lowest BCUT2D eigenvalue weighted by Crippen LogP contribution is -2.19. The van der Waals surface area contributed by atoms with Gasteiger partial charge >= 0.3 is 13.8 Å². The summed E-state index contributed by atoms with van der Waals surface area (Å²) in [4.78, 5) is 28.5. The lowest BCUT2D eigenvalue weighted by molar-refractivity contribution is -0.392. The second kappa shape index (κ2) is 5.99. The predicted octanol–water partition coefficient (Wildman–Crippen LogP) is 2.37. The summed E-state index contributed by atoms with van der Waals surface area (Å²) >= 11 is 0. The molecule has 1 aromatic carbocycles.